The largest absolute Gasteiger partial charge is 0.317 e. The normalized spacial score (nSPS) is 16.3. The van der Waals surface area contributed by atoms with E-state index in [1.165, 1.54) is 62.8 Å². The Kier molecular flexibility index (Phi) is 10.1. The van der Waals surface area contributed by atoms with Gasteiger partial charge in [0.05, 0.1) is 0 Å². The zero-order valence-corrected chi connectivity index (χ0v) is 18.1. The van der Waals surface area contributed by atoms with Crippen LogP contribution in [0.3, 0.4) is 0 Å². The number of hydrogen-bond donors (Lipinski definition) is 1. The predicted octanol–water partition coefficient (Wildman–Crippen LogP) is 5.72. The Morgan fingerprint density at radius 1 is 1.00 bits per heavy atom. The molecule has 26 heavy (non-hydrogen) atoms. The zero-order chi connectivity index (χ0) is 18.7. The zero-order valence-electron chi connectivity index (χ0n) is 17.3. The highest BCUT2D eigenvalue weighted by Gasteiger charge is 2.29. The van der Waals surface area contributed by atoms with Gasteiger partial charge in [-0.05, 0) is 70.9 Å². The molecule has 1 aliphatic carbocycles. The van der Waals surface area contributed by atoms with E-state index in [1.54, 1.807) is 0 Å². The van der Waals surface area contributed by atoms with Crippen LogP contribution in [0.1, 0.15) is 71.3 Å². The van der Waals surface area contributed by atoms with Crippen molar-refractivity contribution in [3.63, 3.8) is 0 Å². The summed E-state index contributed by atoms with van der Waals surface area (Å²) in [5.41, 5.74) is 1.74. The Bertz CT molecular complexity index is 463. The molecule has 0 radical (unpaired) electrons. The lowest BCUT2D eigenvalue weighted by molar-refractivity contribution is 0.0592. The van der Waals surface area contributed by atoms with Crippen LogP contribution in [0.25, 0.3) is 0 Å². The summed E-state index contributed by atoms with van der Waals surface area (Å²) in [6, 6.07) is 11.6. The minimum absolute atomic E-state index is 0.302. The van der Waals surface area contributed by atoms with E-state index in [4.69, 9.17) is 0 Å². The van der Waals surface area contributed by atoms with Gasteiger partial charge in [-0.15, -0.1) is 0 Å². The molecule has 1 aromatic carbocycles. The topological polar surface area (TPSA) is 15.3 Å². The lowest BCUT2D eigenvalue weighted by Gasteiger charge is -2.43. The van der Waals surface area contributed by atoms with E-state index < -0.39 is 0 Å². The highest BCUT2D eigenvalue weighted by molar-refractivity contribution is 7.98. The molecule has 148 valence electrons. The molecular formula is C23H40N2S. The summed E-state index contributed by atoms with van der Waals surface area (Å²) in [4.78, 5) is 2.78. The van der Waals surface area contributed by atoms with Crippen molar-refractivity contribution in [2.24, 2.45) is 0 Å². The van der Waals surface area contributed by atoms with Crippen molar-refractivity contribution < 1.29 is 0 Å². The van der Waals surface area contributed by atoms with Crippen molar-refractivity contribution in [2.45, 2.75) is 83.1 Å². The fraction of sp³-hybridized carbons (Fsp3) is 0.739. The van der Waals surface area contributed by atoms with E-state index >= 15 is 0 Å². The summed E-state index contributed by atoms with van der Waals surface area (Å²) in [7, 11) is 0. The average Bonchev–Trinajstić information content (AvgIpc) is 2.64. The molecule has 1 fully saturated rings. The Labute approximate surface area is 166 Å². The van der Waals surface area contributed by atoms with Gasteiger partial charge in [-0.3, -0.25) is 4.90 Å². The van der Waals surface area contributed by atoms with E-state index in [9.17, 15) is 0 Å². The fourth-order valence-electron chi connectivity index (χ4n) is 4.02. The second-order valence-corrected chi connectivity index (χ2v) is 9.76. The van der Waals surface area contributed by atoms with Crippen molar-refractivity contribution in [3.8, 4) is 0 Å². The van der Waals surface area contributed by atoms with Crippen LogP contribution in [0.2, 0.25) is 0 Å². The second kappa shape index (κ2) is 12.0. The van der Waals surface area contributed by atoms with Crippen molar-refractivity contribution in [3.05, 3.63) is 35.9 Å². The number of nitrogens with one attached hydrogen (secondary N) is 1. The standard InChI is InChI=1S/C23H40N2S/c1-23(2,3)25(22-14-8-5-9-15-22)18-10-16-24-17-11-19-26-20-21-12-6-4-7-13-21/h4,6-7,12-13,22,24H,5,8-11,14-20H2,1-3H3. The van der Waals surface area contributed by atoms with Crippen LogP contribution in [0.5, 0.6) is 0 Å². The molecule has 1 N–H and O–H groups in total. The molecule has 0 atom stereocenters. The van der Waals surface area contributed by atoms with E-state index in [1.807, 2.05) is 11.8 Å². The van der Waals surface area contributed by atoms with E-state index in [0.29, 0.717) is 5.54 Å². The molecule has 0 spiro atoms. The third-order valence-corrected chi connectivity index (χ3v) is 6.50. The van der Waals surface area contributed by atoms with Gasteiger partial charge in [-0.1, -0.05) is 49.6 Å². The molecule has 3 heteroatoms. The summed E-state index contributed by atoms with van der Waals surface area (Å²) < 4.78 is 0. The minimum atomic E-state index is 0.302. The second-order valence-electron chi connectivity index (χ2n) is 8.65. The first-order chi connectivity index (χ1) is 12.6. The minimum Gasteiger partial charge on any atom is -0.317 e. The molecule has 0 heterocycles. The summed E-state index contributed by atoms with van der Waals surface area (Å²) >= 11 is 2.05. The van der Waals surface area contributed by atoms with Gasteiger partial charge in [-0.25, -0.2) is 0 Å². The fourth-order valence-corrected chi connectivity index (χ4v) is 4.94. The monoisotopic (exact) mass is 376 g/mol. The number of hydrogen-bond acceptors (Lipinski definition) is 3. The molecule has 0 unspecified atom stereocenters. The highest BCUT2D eigenvalue weighted by Crippen LogP contribution is 2.28. The molecule has 0 saturated heterocycles. The number of rotatable bonds is 11. The van der Waals surface area contributed by atoms with Crippen molar-refractivity contribution in [2.75, 3.05) is 25.4 Å². The lowest BCUT2D eigenvalue weighted by atomic mass is 9.90. The summed E-state index contributed by atoms with van der Waals surface area (Å²) in [5, 5.41) is 3.65. The van der Waals surface area contributed by atoms with Gasteiger partial charge in [0.15, 0.2) is 0 Å². The number of nitrogens with zero attached hydrogens (tertiary/aromatic N) is 1. The Balaban J connectivity index is 1.51. The van der Waals surface area contributed by atoms with Crippen molar-refractivity contribution in [1.82, 2.24) is 10.2 Å². The smallest absolute Gasteiger partial charge is 0.0184 e. The SMILES string of the molecule is CC(C)(C)N(CCCNCCCSCc1ccccc1)C1CCCCC1. The number of benzene rings is 1. The van der Waals surface area contributed by atoms with Gasteiger partial charge < -0.3 is 5.32 Å². The van der Waals surface area contributed by atoms with Gasteiger partial charge >= 0.3 is 0 Å². The van der Waals surface area contributed by atoms with Crippen molar-refractivity contribution in [1.29, 1.82) is 0 Å². The average molecular weight is 377 g/mol. The van der Waals surface area contributed by atoms with E-state index in [-0.39, 0.29) is 0 Å². The summed E-state index contributed by atoms with van der Waals surface area (Å²) in [5.74, 6) is 2.39. The third-order valence-electron chi connectivity index (χ3n) is 5.38. The summed E-state index contributed by atoms with van der Waals surface area (Å²) in [6.07, 6.45) is 9.64. The Hall–Kier alpha value is -0.510. The van der Waals surface area contributed by atoms with Gasteiger partial charge in [0, 0.05) is 23.9 Å². The molecule has 0 bridgehead atoms. The quantitative estimate of drug-likeness (QED) is 0.497. The summed E-state index contributed by atoms with van der Waals surface area (Å²) in [6.45, 7) is 10.7. The van der Waals surface area contributed by atoms with Crippen LogP contribution >= 0.6 is 11.8 Å². The van der Waals surface area contributed by atoms with Crippen molar-refractivity contribution >= 4 is 11.8 Å². The first-order valence-electron chi connectivity index (χ1n) is 10.7. The van der Waals surface area contributed by atoms with Gasteiger partial charge in [0.2, 0.25) is 0 Å². The van der Waals surface area contributed by atoms with Gasteiger partial charge in [-0.2, -0.15) is 11.8 Å². The van der Waals surface area contributed by atoms with Crippen LogP contribution in [0.4, 0.5) is 0 Å². The maximum atomic E-state index is 3.65. The molecule has 0 amide bonds. The molecule has 2 rings (SSSR count). The Morgan fingerprint density at radius 2 is 1.69 bits per heavy atom. The molecule has 0 aromatic heterocycles. The first kappa shape index (κ1) is 21.8. The molecule has 2 nitrogen and oxygen atoms in total. The maximum absolute atomic E-state index is 3.65. The van der Waals surface area contributed by atoms with Crippen LogP contribution in [0.15, 0.2) is 30.3 Å². The highest BCUT2D eigenvalue weighted by atomic mass is 32.2. The molecule has 0 aliphatic heterocycles. The molecule has 1 aliphatic rings. The lowest BCUT2D eigenvalue weighted by Crippen LogP contribution is -2.49. The third kappa shape index (κ3) is 8.45. The molecule has 1 saturated carbocycles. The van der Waals surface area contributed by atoms with E-state index in [0.717, 1.165) is 24.9 Å². The van der Waals surface area contributed by atoms with Crippen LogP contribution < -0.4 is 5.32 Å². The van der Waals surface area contributed by atoms with Gasteiger partial charge in [0.25, 0.3) is 0 Å². The Morgan fingerprint density at radius 3 is 2.38 bits per heavy atom. The van der Waals surface area contributed by atoms with Gasteiger partial charge in [0.1, 0.15) is 0 Å². The number of thioether (sulfide) groups is 1. The van der Waals surface area contributed by atoms with Crippen LogP contribution in [-0.4, -0.2) is 41.9 Å². The first-order valence-corrected chi connectivity index (χ1v) is 11.8. The van der Waals surface area contributed by atoms with E-state index in [2.05, 4.69) is 61.3 Å². The maximum Gasteiger partial charge on any atom is 0.0184 e. The predicted molar refractivity (Wildman–Crippen MR) is 118 cm³/mol. The van der Waals surface area contributed by atoms with Crippen LogP contribution in [-0.2, 0) is 5.75 Å². The molecular weight excluding hydrogens is 336 g/mol. The van der Waals surface area contributed by atoms with Crippen LogP contribution in [0, 0.1) is 0 Å². The molecule has 1 aromatic rings.